The number of benzene rings is 1. The lowest BCUT2D eigenvalue weighted by molar-refractivity contribution is -0.129. The maximum Gasteiger partial charge on any atom is 0.232 e. The molecule has 1 aliphatic heterocycles. The number of hydrogen-bond acceptors (Lipinski definition) is 4. The van der Waals surface area contributed by atoms with E-state index in [0.29, 0.717) is 34.6 Å². The average molecular weight is 377 g/mol. The molecule has 4 nitrogen and oxygen atoms in total. The van der Waals surface area contributed by atoms with Gasteiger partial charge < -0.3 is 10.6 Å². The average Bonchev–Trinajstić information content (AvgIpc) is 2.55. The van der Waals surface area contributed by atoms with Crippen LogP contribution in [0.5, 0.6) is 0 Å². The van der Waals surface area contributed by atoms with Crippen molar-refractivity contribution in [3.05, 3.63) is 34.9 Å². The van der Waals surface area contributed by atoms with Crippen LogP contribution in [0.3, 0.4) is 0 Å². The van der Waals surface area contributed by atoms with Crippen molar-refractivity contribution in [2.24, 2.45) is 11.7 Å². The number of carbonyl (C=O) groups excluding carboxylic acids is 2. The number of rotatable bonds is 6. The van der Waals surface area contributed by atoms with Gasteiger partial charge in [-0.05, 0) is 49.6 Å². The fraction of sp³-hybridized carbons (Fsp3) is 0.500. The lowest BCUT2D eigenvalue weighted by Crippen LogP contribution is -2.41. The molecule has 0 saturated carbocycles. The Hall–Kier alpha value is -0.750. The van der Waals surface area contributed by atoms with Gasteiger partial charge in [0.2, 0.25) is 5.91 Å². The van der Waals surface area contributed by atoms with Crippen molar-refractivity contribution < 1.29 is 9.59 Å². The van der Waals surface area contributed by atoms with Gasteiger partial charge in [0.25, 0.3) is 0 Å². The molecule has 1 aromatic carbocycles. The van der Waals surface area contributed by atoms with Gasteiger partial charge in [0, 0.05) is 23.7 Å². The summed E-state index contributed by atoms with van der Waals surface area (Å²) < 4.78 is 0. The molecule has 0 bridgehead atoms. The van der Waals surface area contributed by atoms with E-state index in [1.165, 1.54) is 11.8 Å². The van der Waals surface area contributed by atoms with Gasteiger partial charge in [-0.25, -0.2) is 0 Å². The Morgan fingerprint density at radius 3 is 2.35 bits per heavy atom. The van der Waals surface area contributed by atoms with E-state index in [0.717, 1.165) is 25.9 Å². The molecule has 0 radical (unpaired) electrons. The first kappa shape index (κ1) is 20.3. The largest absolute Gasteiger partial charge is 0.342 e. The van der Waals surface area contributed by atoms with Crippen molar-refractivity contribution in [3.63, 3.8) is 0 Å². The zero-order valence-electron chi connectivity index (χ0n) is 12.9. The van der Waals surface area contributed by atoms with Crippen LogP contribution in [-0.2, 0) is 4.79 Å². The van der Waals surface area contributed by atoms with Gasteiger partial charge in [-0.3, -0.25) is 9.59 Å². The van der Waals surface area contributed by atoms with Crippen LogP contribution in [0.1, 0.15) is 23.2 Å². The van der Waals surface area contributed by atoms with E-state index < -0.39 is 0 Å². The number of piperidine rings is 1. The van der Waals surface area contributed by atoms with Crippen LogP contribution < -0.4 is 5.73 Å². The number of Topliss-reactive ketones (excluding diaryl/α,β-unsaturated/α-hetero) is 1. The van der Waals surface area contributed by atoms with E-state index in [1.807, 2.05) is 4.90 Å². The molecule has 1 heterocycles. The SMILES string of the molecule is Cl.NCC1CCN(C(=O)CSCC(=O)c2ccc(Cl)cc2)CC1. The van der Waals surface area contributed by atoms with Gasteiger partial charge in [-0.2, -0.15) is 0 Å². The quantitative estimate of drug-likeness (QED) is 0.775. The van der Waals surface area contributed by atoms with Crippen molar-refractivity contribution >= 4 is 47.5 Å². The van der Waals surface area contributed by atoms with Crippen LogP contribution in [0.2, 0.25) is 5.02 Å². The number of nitrogens with two attached hydrogens (primary N) is 1. The molecular formula is C16H22Cl2N2O2S. The molecule has 0 unspecified atom stereocenters. The van der Waals surface area contributed by atoms with Gasteiger partial charge in [-0.1, -0.05) is 11.6 Å². The summed E-state index contributed by atoms with van der Waals surface area (Å²) in [5.74, 6) is 1.35. The van der Waals surface area contributed by atoms with Crippen LogP contribution in [0.4, 0.5) is 0 Å². The van der Waals surface area contributed by atoms with E-state index in [-0.39, 0.29) is 24.1 Å². The van der Waals surface area contributed by atoms with E-state index in [4.69, 9.17) is 17.3 Å². The van der Waals surface area contributed by atoms with Gasteiger partial charge in [0.05, 0.1) is 11.5 Å². The summed E-state index contributed by atoms with van der Waals surface area (Å²) in [6.07, 6.45) is 1.97. The summed E-state index contributed by atoms with van der Waals surface area (Å²) in [5.41, 5.74) is 6.28. The topological polar surface area (TPSA) is 63.4 Å². The molecule has 23 heavy (non-hydrogen) atoms. The molecule has 0 atom stereocenters. The second-order valence-corrected chi connectivity index (χ2v) is 6.90. The lowest BCUT2D eigenvalue weighted by Gasteiger charge is -2.31. The summed E-state index contributed by atoms with van der Waals surface area (Å²) in [6, 6.07) is 6.83. The van der Waals surface area contributed by atoms with E-state index >= 15 is 0 Å². The molecule has 0 aromatic heterocycles. The summed E-state index contributed by atoms with van der Waals surface area (Å²) in [5, 5.41) is 0.611. The number of nitrogens with zero attached hydrogens (tertiary/aromatic N) is 1. The number of halogens is 2. The molecular weight excluding hydrogens is 355 g/mol. The molecule has 1 amide bonds. The third-order valence-electron chi connectivity index (χ3n) is 3.93. The minimum Gasteiger partial charge on any atom is -0.342 e. The first-order valence-electron chi connectivity index (χ1n) is 7.44. The highest BCUT2D eigenvalue weighted by atomic mass is 35.5. The molecule has 1 aliphatic rings. The van der Waals surface area contributed by atoms with Gasteiger partial charge >= 0.3 is 0 Å². The number of thioether (sulfide) groups is 1. The first-order chi connectivity index (χ1) is 10.6. The Balaban J connectivity index is 0.00000264. The first-order valence-corrected chi connectivity index (χ1v) is 8.97. The predicted molar refractivity (Wildman–Crippen MR) is 98.7 cm³/mol. The Morgan fingerprint density at radius 2 is 1.78 bits per heavy atom. The van der Waals surface area contributed by atoms with Crippen molar-refractivity contribution in [2.45, 2.75) is 12.8 Å². The Labute approximate surface area is 152 Å². The third-order valence-corrected chi connectivity index (χ3v) is 5.09. The highest BCUT2D eigenvalue weighted by Gasteiger charge is 2.21. The predicted octanol–water partition coefficient (Wildman–Crippen LogP) is 2.88. The number of amides is 1. The molecule has 2 N–H and O–H groups in total. The van der Waals surface area contributed by atoms with Crippen LogP contribution in [0.25, 0.3) is 0 Å². The maximum atomic E-state index is 12.1. The molecule has 1 fully saturated rings. The molecule has 2 rings (SSSR count). The maximum absolute atomic E-state index is 12.1. The zero-order valence-corrected chi connectivity index (χ0v) is 15.3. The molecule has 1 aromatic rings. The van der Waals surface area contributed by atoms with E-state index in [2.05, 4.69) is 0 Å². The highest BCUT2D eigenvalue weighted by Crippen LogP contribution is 2.17. The number of carbonyl (C=O) groups is 2. The Morgan fingerprint density at radius 1 is 1.17 bits per heavy atom. The molecule has 128 valence electrons. The van der Waals surface area contributed by atoms with Crippen molar-refractivity contribution in [3.8, 4) is 0 Å². The highest BCUT2D eigenvalue weighted by molar-refractivity contribution is 8.00. The van der Waals surface area contributed by atoms with Crippen molar-refractivity contribution in [1.82, 2.24) is 4.90 Å². The molecule has 0 aliphatic carbocycles. The van der Waals surface area contributed by atoms with Crippen LogP contribution >= 0.6 is 35.8 Å². The fourth-order valence-electron chi connectivity index (χ4n) is 2.46. The lowest BCUT2D eigenvalue weighted by atomic mass is 9.97. The summed E-state index contributed by atoms with van der Waals surface area (Å²) in [7, 11) is 0. The van der Waals surface area contributed by atoms with Gasteiger partial charge in [-0.15, -0.1) is 24.2 Å². The third kappa shape index (κ3) is 6.34. The van der Waals surface area contributed by atoms with Gasteiger partial charge in [0.15, 0.2) is 5.78 Å². The van der Waals surface area contributed by atoms with E-state index in [9.17, 15) is 9.59 Å². The molecule has 7 heteroatoms. The summed E-state index contributed by atoms with van der Waals surface area (Å²) >= 11 is 7.16. The Bertz CT molecular complexity index is 517. The fourth-order valence-corrected chi connectivity index (χ4v) is 3.40. The smallest absolute Gasteiger partial charge is 0.232 e. The minimum atomic E-state index is 0. The zero-order chi connectivity index (χ0) is 15.9. The molecule has 0 spiro atoms. The van der Waals surface area contributed by atoms with E-state index in [1.54, 1.807) is 24.3 Å². The molecule has 1 saturated heterocycles. The van der Waals surface area contributed by atoms with Crippen molar-refractivity contribution in [1.29, 1.82) is 0 Å². The van der Waals surface area contributed by atoms with Crippen LogP contribution in [0.15, 0.2) is 24.3 Å². The standard InChI is InChI=1S/C16H21ClN2O2S.ClH/c17-14-3-1-13(2-4-14)15(20)10-22-11-16(21)19-7-5-12(9-18)6-8-19;/h1-4,12H,5-11,18H2;1H. The summed E-state index contributed by atoms with van der Waals surface area (Å²) in [6.45, 7) is 2.27. The second kappa shape index (κ2) is 10.2. The normalized spacial score (nSPS) is 15.1. The number of likely N-dealkylation sites (tertiary alicyclic amines) is 1. The number of hydrogen-bond donors (Lipinski definition) is 1. The minimum absolute atomic E-state index is 0. The monoisotopic (exact) mass is 376 g/mol. The summed E-state index contributed by atoms with van der Waals surface area (Å²) in [4.78, 5) is 26.0. The number of ketones is 1. The van der Waals surface area contributed by atoms with Crippen LogP contribution in [-0.4, -0.2) is 47.7 Å². The van der Waals surface area contributed by atoms with Crippen molar-refractivity contribution in [2.75, 3.05) is 31.1 Å². The van der Waals surface area contributed by atoms with Gasteiger partial charge in [0.1, 0.15) is 0 Å². The van der Waals surface area contributed by atoms with Crippen LogP contribution in [0, 0.1) is 5.92 Å². The Kier molecular flexibility index (Phi) is 8.99. The second-order valence-electron chi connectivity index (χ2n) is 5.48.